The maximum Gasteiger partial charge on any atom is 0.231 e. The molecule has 28 heavy (non-hydrogen) atoms. The van der Waals surface area contributed by atoms with Gasteiger partial charge in [-0.25, -0.2) is 0 Å². The van der Waals surface area contributed by atoms with Crippen molar-refractivity contribution in [3.05, 3.63) is 65.4 Å². The number of ketones is 1. The molecule has 0 saturated heterocycles. The fourth-order valence-corrected chi connectivity index (χ4v) is 4.63. The van der Waals surface area contributed by atoms with E-state index in [1.807, 2.05) is 36.5 Å². The number of ether oxygens (including phenoxy) is 2. The Hall–Kier alpha value is -3.34. The smallest absolute Gasteiger partial charge is 0.231 e. The molecule has 1 N–H and O–H groups in total. The molecule has 0 bridgehead atoms. The first kappa shape index (κ1) is 15.7. The number of allylic oxidation sites excluding steroid dienone is 1. The van der Waals surface area contributed by atoms with E-state index in [0.29, 0.717) is 6.42 Å². The maximum absolute atomic E-state index is 13.0. The first-order chi connectivity index (χ1) is 13.8. The SMILES string of the molecule is O=C1CCCC2=C1[C@H](c1ccc3c(c1)OCO3)Nc1ccc3ncccc3c12. The summed E-state index contributed by atoms with van der Waals surface area (Å²) in [6.07, 6.45) is 4.20. The second-order valence-corrected chi connectivity index (χ2v) is 7.42. The summed E-state index contributed by atoms with van der Waals surface area (Å²) in [5, 5.41) is 4.72. The fraction of sp³-hybridized carbons (Fsp3) is 0.217. The number of hydrogen-bond donors (Lipinski definition) is 1. The molecule has 0 saturated carbocycles. The van der Waals surface area contributed by atoms with Gasteiger partial charge in [-0.15, -0.1) is 0 Å². The van der Waals surface area contributed by atoms with E-state index < -0.39 is 0 Å². The Morgan fingerprint density at radius 2 is 1.96 bits per heavy atom. The van der Waals surface area contributed by atoms with Crippen molar-refractivity contribution in [2.24, 2.45) is 0 Å². The minimum atomic E-state index is -0.182. The Morgan fingerprint density at radius 1 is 1.04 bits per heavy atom. The first-order valence-electron chi connectivity index (χ1n) is 9.60. The highest BCUT2D eigenvalue weighted by Crippen LogP contribution is 2.48. The summed E-state index contributed by atoms with van der Waals surface area (Å²) in [7, 11) is 0. The summed E-state index contributed by atoms with van der Waals surface area (Å²) in [6.45, 7) is 0.242. The van der Waals surface area contributed by atoms with Crippen LogP contribution in [0.3, 0.4) is 0 Å². The highest BCUT2D eigenvalue weighted by Gasteiger charge is 2.35. The van der Waals surface area contributed by atoms with E-state index in [1.165, 1.54) is 0 Å². The van der Waals surface area contributed by atoms with Gasteiger partial charge in [0, 0.05) is 34.8 Å². The number of anilines is 1. The molecule has 0 radical (unpaired) electrons. The van der Waals surface area contributed by atoms with Crippen molar-refractivity contribution in [3.8, 4) is 11.5 Å². The first-order valence-corrected chi connectivity index (χ1v) is 9.60. The second-order valence-electron chi connectivity index (χ2n) is 7.42. The standard InChI is InChI=1S/C23H18N2O3/c26-18-5-1-3-15-21-14-4-2-10-24-16(14)7-8-17(21)25-23(22(15)18)13-6-9-19-20(11-13)28-12-27-19/h2,4,6-11,23,25H,1,3,5,12H2/t23-/m0/s1. The topological polar surface area (TPSA) is 60.5 Å². The molecule has 2 aliphatic heterocycles. The van der Waals surface area contributed by atoms with Gasteiger partial charge in [0.05, 0.1) is 11.6 Å². The van der Waals surface area contributed by atoms with E-state index in [4.69, 9.17) is 9.47 Å². The van der Waals surface area contributed by atoms with Crippen molar-refractivity contribution < 1.29 is 14.3 Å². The summed E-state index contributed by atoms with van der Waals surface area (Å²) in [4.78, 5) is 17.5. The molecule has 3 aliphatic rings. The third-order valence-electron chi connectivity index (χ3n) is 5.86. The molecule has 0 unspecified atom stereocenters. The third-order valence-corrected chi connectivity index (χ3v) is 5.86. The van der Waals surface area contributed by atoms with E-state index in [9.17, 15) is 4.79 Å². The van der Waals surface area contributed by atoms with Crippen LogP contribution in [0.2, 0.25) is 0 Å². The molecule has 6 rings (SSSR count). The average Bonchev–Trinajstić information content (AvgIpc) is 3.21. The van der Waals surface area contributed by atoms with E-state index >= 15 is 0 Å². The van der Waals surface area contributed by atoms with Crippen molar-refractivity contribution in [1.29, 1.82) is 0 Å². The lowest BCUT2D eigenvalue weighted by Crippen LogP contribution is -2.27. The molecule has 138 valence electrons. The summed E-state index contributed by atoms with van der Waals surface area (Å²) in [5.74, 6) is 1.71. The van der Waals surface area contributed by atoms with Crippen molar-refractivity contribution in [2.45, 2.75) is 25.3 Å². The lowest BCUT2D eigenvalue weighted by atomic mass is 9.77. The quantitative estimate of drug-likeness (QED) is 0.676. The molecule has 1 atom stereocenters. The molecule has 3 aromatic rings. The zero-order valence-corrected chi connectivity index (χ0v) is 15.2. The number of fused-ring (bicyclic) bond motifs is 5. The van der Waals surface area contributed by atoms with E-state index in [-0.39, 0.29) is 18.6 Å². The normalized spacial score (nSPS) is 20.0. The molecule has 2 aromatic carbocycles. The van der Waals surface area contributed by atoms with Crippen LogP contribution >= 0.6 is 0 Å². The van der Waals surface area contributed by atoms with Gasteiger partial charge in [-0.05, 0) is 54.3 Å². The molecule has 3 heterocycles. The third kappa shape index (κ3) is 2.19. The van der Waals surface area contributed by atoms with Crippen LogP contribution in [0.15, 0.2) is 54.2 Å². The van der Waals surface area contributed by atoms with Crippen LogP contribution in [0.1, 0.15) is 36.4 Å². The molecule has 5 heteroatoms. The number of Topliss-reactive ketones (excluding diaryl/α,β-unsaturated/α-hetero) is 1. The van der Waals surface area contributed by atoms with Crippen molar-refractivity contribution >= 4 is 27.9 Å². The fourth-order valence-electron chi connectivity index (χ4n) is 4.63. The second kappa shape index (κ2) is 5.83. The minimum absolute atomic E-state index is 0.182. The van der Waals surface area contributed by atoms with Crippen molar-refractivity contribution in [1.82, 2.24) is 4.98 Å². The van der Waals surface area contributed by atoms with Gasteiger partial charge in [-0.3, -0.25) is 9.78 Å². The lowest BCUT2D eigenvalue weighted by Gasteiger charge is -2.35. The molecule has 1 aromatic heterocycles. The van der Waals surface area contributed by atoms with Gasteiger partial charge in [-0.2, -0.15) is 0 Å². The number of nitrogens with one attached hydrogen (secondary N) is 1. The molecule has 0 spiro atoms. The molecular weight excluding hydrogens is 352 g/mol. The van der Waals surface area contributed by atoms with E-state index in [1.54, 1.807) is 0 Å². The Bertz CT molecular complexity index is 1180. The van der Waals surface area contributed by atoms with Crippen molar-refractivity contribution in [2.75, 3.05) is 12.1 Å². The Labute approximate surface area is 162 Å². The van der Waals surface area contributed by atoms with Gasteiger partial charge in [0.15, 0.2) is 17.3 Å². The van der Waals surface area contributed by atoms with Gasteiger partial charge in [0.2, 0.25) is 6.79 Å². The van der Waals surface area contributed by atoms with Crippen LogP contribution in [0.25, 0.3) is 16.5 Å². The zero-order chi connectivity index (χ0) is 18.7. The van der Waals surface area contributed by atoms with Gasteiger partial charge in [0.25, 0.3) is 0 Å². The van der Waals surface area contributed by atoms with Crippen LogP contribution in [0, 0.1) is 0 Å². The molecular formula is C23H18N2O3. The van der Waals surface area contributed by atoms with Gasteiger partial charge in [-0.1, -0.05) is 12.1 Å². The number of benzene rings is 2. The van der Waals surface area contributed by atoms with Crippen LogP contribution in [0.4, 0.5) is 5.69 Å². The number of carbonyl (C=O) groups is 1. The van der Waals surface area contributed by atoms with Crippen LogP contribution in [-0.2, 0) is 4.79 Å². The summed E-state index contributed by atoms with van der Waals surface area (Å²) in [6, 6.07) is 13.9. The molecule has 0 amide bonds. The number of rotatable bonds is 1. The van der Waals surface area contributed by atoms with E-state index in [2.05, 4.69) is 22.4 Å². The maximum atomic E-state index is 13.0. The van der Waals surface area contributed by atoms with E-state index in [0.717, 1.165) is 63.2 Å². The number of carbonyl (C=O) groups excluding carboxylic acids is 1. The zero-order valence-electron chi connectivity index (χ0n) is 15.2. The summed E-state index contributed by atoms with van der Waals surface area (Å²) < 4.78 is 11.0. The highest BCUT2D eigenvalue weighted by molar-refractivity contribution is 6.12. The summed E-state index contributed by atoms with van der Waals surface area (Å²) in [5.41, 5.74) is 6.20. The highest BCUT2D eigenvalue weighted by atomic mass is 16.7. The summed E-state index contributed by atoms with van der Waals surface area (Å²) >= 11 is 0. The molecule has 5 nitrogen and oxygen atoms in total. The number of nitrogens with zero attached hydrogens (tertiary/aromatic N) is 1. The largest absolute Gasteiger partial charge is 0.454 e. The Balaban J connectivity index is 1.59. The lowest BCUT2D eigenvalue weighted by molar-refractivity contribution is -0.116. The minimum Gasteiger partial charge on any atom is -0.454 e. The van der Waals surface area contributed by atoms with Gasteiger partial charge in [0.1, 0.15) is 0 Å². The molecule has 0 fully saturated rings. The van der Waals surface area contributed by atoms with Crippen LogP contribution in [0.5, 0.6) is 11.5 Å². The Morgan fingerprint density at radius 3 is 2.93 bits per heavy atom. The van der Waals surface area contributed by atoms with Crippen LogP contribution < -0.4 is 14.8 Å². The molecule has 1 aliphatic carbocycles. The van der Waals surface area contributed by atoms with Gasteiger partial charge < -0.3 is 14.8 Å². The van der Waals surface area contributed by atoms with Crippen LogP contribution in [-0.4, -0.2) is 17.6 Å². The van der Waals surface area contributed by atoms with Crippen molar-refractivity contribution in [3.63, 3.8) is 0 Å². The predicted octanol–water partition coefficient (Wildman–Crippen LogP) is 4.64. The predicted molar refractivity (Wildman–Crippen MR) is 106 cm³/mol. The van der Waals surface area contributed by atoms with Gasteiger partial charge >= 0.3 is 0 Å². The number of pyridine rings is 1. The number of aromatic nitrogens is 1. The Kier molecular flexibility index (Phi) is 3.27. The number of hydrogen-bond acceptors (Lipinski definition) is 5. The average molecular weight is 370 g/mol. The monoisotopic (exact) mass is 370 g/mol.